The first-order chi connectivity index (χ1) is 15.6. The van der Waals surface area contributed by atoms with Crippen molar-refractivity contribution in [1.29, 1.82) is 0 Å². The quantitative estimate of drug-likeness (QED) is 0.441. The number of thiazole rings is 1. The van der Waals surface area contributed by atoms with Crippen molar-refractivity contribution in [2.75, 3.05) is 11.9 Å². The number of pyridine rings is 1. The molecule has 1 amide bonds. The van der Waals surface area contributed by atoms with Crippen LogP contribution in [0.25, 0.3) is 22.0 Å². The van der Waals surface area contributed by atoms with Crippen LogP contribution in [0.3, 0.4) is 0 Å². The second-order valence-corrected chi connectivity index (χ2v) is 8.16. The summed E-state index contributed by atoms with van der Waals surface area (Å²) in [6, 6.07) is 4.96. The van der Waals surface area contributed by atoms with Gasteiger partial charge in [-0.2, -0.15) is 10.2 Å². The van der Waals surface area contributed by atoms with Gasteiger partial charge in [0, 0.05) is 42.6 Å². The zero-order valence-corrected chi connectivity index (χ0v) is 17.9. The second-order valence-electron chi connectivity index (χ2n) is 7.31. The van der Waals surface area contributed by atoms with Gasteiger partial charge in [-0.05, 0) is 19.1 Å². The van der Waals surface area contributed by atoms with Gasteiger partial charge in [-0.25, -0.2) is 9.37 Å². The zero-order chi connectivity index (χ0) is 22.1. The smallest absolute Gasteiger partial charge is 0.275 e. The van der Waals surface area contributed by atoms with E-state index in [-0.39, 0.29) is 11.6 Å². The first-order valence-electron chi connectivity index (χ1n) is 10.2. The van der Waals surface area contributed by atoms with Crippen LogP contribution in [0.4, 0.5) is 10.1 Å². The van der Waals surface area contributed by atoms with E-state index < -0.39 is 18.3 Å². The zero-order valence-electron chi connectivity index (χ0n) is 17.1. The van der Waals surface area contributed by atoms with E-state index in [9.17, 15) is 9.18 Å². The summed E-state index contributed by atoms with van der Waals surface area (Å²) in [7, 11) is 0. The maximum absolute atomic E-state index is 14.6. The molecule has 0 aromatic carbocycles. The summed E-state index contributed by atoms with van der Waals surface area (Å²) in [5, 5.41) is 16.4. The summed E-state index contributed by atoms with van der Waals surface area (Å²) in [6.07, 6.45) is 5.57. The second kappa shape index (κ2) is 8.60. The SMILES string of the molecule is CCO[C@@H]1C[C@H](n2cc(NC(=O)c3csc(-c4cn[nH]c4)n3)c(-c3ccccn3)n2)C1F. The van der Waals surface area contributed by atoms with Crippen LogP contribution in [0.15, 0.2) is 48.4 Å². The molecule has 9 nitrogen and oxygen atoms in total. The van der Waals surface area contributed by atoms with Gasteiger partial charge < -0.3 is 10.1 Å². The highest BCUT2D eigenvalue weighted by molar-refractivity contribution is 7.13. The van der Waals surface area contributed by atoms with E-state index >= 15 is 0 Å². The van der Waals surface area contributed by atoms with Gasteiger partial charge in [-0.1, -0.05) is 6.07 Å². The minimum Gasteiger partial charge on any atom is -0.375 e. The summed E-state index contributed by atoms with van der Waals surface area (Å²) in [5.41, 5.74) is 2.57. The molecule has 3 atom stereocenters. The molecule has 164 valence electrons. The summed E-state index contributed by atoms with van der Waals surface area (Å²) in [5.74, 6) is -0.384. The van der Waals surface area contributed by atoms with E-state index in [1.165, 1.54) is 11.3 Å². The van der Waals surface area contributed by atoms with Crippen LogP contribution in [0, 0.1) is 0 Å². The summed E-state index contributed by atoms with van der Waals surface area (Å²) >= 11 is 1.35. The van der Waals surface area contributed by atoms with Gasteiger partial charge in [-0.3, -0.25) is 19.6 Å². The number of anilines is 1. The molecule has 4 heterocycles. The predicted octanol–water partition coefficient (Wildman–Crippen LogP) is 3.73. The maximum atomic E-state index is 14.6. The number of hydrogen-bond donors (Lipinski definition) is 2. The third kappa shape index (κ3) is 3.80. The van der Waals surface area contributed by atoms with E-state index in [1.807, 2.05) is 13.0 Å². The Labute approximate surface area is 186 Å². The molecule has 5 rings (SSSR count). The molecular weight excluding hydrogens is 433 g/mol. The van der Waals surface area contributed by atoms with Crippen molar-refractivity contribution in [2.24, 2.45) is 0 Å². The number of rotatable bonds is 7. The largest absolute Gasteiger partial charge is 0.375 e. The number of aromatic amines is 1. The lowest BCUT2D eigenvalue weighted by molar-refractivity contribution is -0.0921. The van der Waals surface area contributed by atoms with E-state index in [4.69, 9.17) is 4.74 Å². The average Bonchev–Trinajstić information content (AvgIpc) is 3.57. The fourth-order valence-corrected chi connectivity index (χ4v) is 4.37. The molecule has 4 aromatic rings. The topological polar surface area (TPSA) is 111 Å². The van der Waals surface area contributed by atoms with E-state index in [2.05, 4.69) is 30.6 Å². The number of amides is 1. The highest BCUT2D eigenvalue weighted by atomic mass is 32.1. The molecule has 0 spiro atoms. The van der Waals surface area contributed by atoms with Gasteiger partial charge in [0.1, 0.15) is 22.6 Å². The van der Waals surface area contributed by atoms with Gasteiger partial charge in [-0.15, -0.1) is 11.3 Å². The Morgan fingerprint density at radius 1 is 1.44 bits per heavy atom. The number of hydrogen-bond acceptors (Lipinski definition) is 7. The Kier molecular flexibility index (Phi) is 5.50. The number of alkyl halides is 1. The Morgan fingerprint density at radius 3 is 3.06 bits per heavy atom. The molecule has 1 fully saturated rings. The standard InChI is InChI=1S/C21H20FN7O2S/c1-2-31-17-7-16(18(17)22)29-10-14(19(28-29)13-5-3-4-6-23-13)26-20(30)15-11-32-21(27-15)12-8-24-25-9-12/h3-6,8-11,16-18H,2,7H2,1H3,(H,24,25)(H,26,30)/t16-,17+,18?/m0/s1. The van der Waals surface area contributed by atoms with Gasteiger partial charge >= 0.3 is 0 Å². The lowest BCUT2D eigenvalue weighted by Gasteiger charge is -2.38. The van der Waals surface area contributed by atoms with Crippen LogP contribution in [-0.4, -0.2) is 54.7 Å². The first-order valence-corrected chi connectivity index (χ1v) is 11.0. The highest BCUT2D eigenvalue weighted by Gasteiger charge is 2.44. The fourth-order valence-electron chi connectivity index (χ4n) is 3.59. The molecule has 32 heavy (non-hydrogen) atoms. The van der Waals surface area contributed by atoms with E-state index in [0.29, 0.717) is 35.1 Å². The molecular formula is C21H20FN7O2S. The van der Waals surface area contributed by atoms with Crippen molar-refractivity contribution < 1.29 is 13.9 Å². The first kappa shape index (κ1) is 20.5. The molecule has 0 saturated heterocycles. The molecule has 4 aromatic heterocycles. The molecule has 1 saturated carbocycles. The van der Waals surface area contributed by atoms with Crippen molar-refractivity contribution >= 4 is 22.9 Å². The van der Waals surface area contributed by atoms with Gasteiger partial charge in [0.2, 0.25) is 0 Å². The van der Waals surface area contributed by atoms with Gasteiger partial charge in [0.05, 0.1) is 29.7 Å². The lowest BCUT2D eigenvalue weighted by atomic mass is 9.87. The Hall–Kier alpha value is -3.44. The molecule has 0 radical (unpaired) electrons. The molecule has 1 unspecified atom stereocenters. The number of halogens is 1. The number of carbonyl (C=O) groups is 1. The fraction of sp³-hybridized carbons (Fsp3) is 0.286. The lowest BCUT2D eigenvalue weighted by Crippen LogP contribution is -2.46. The Balaban J connectivity index is 1.41. The number of carbonyl (C=O) groups excluding carboxylic acids is 1. The minimum atomic E-state index is -1.16. The summed E-state index contributed by atoms with van der Waals surface area (Å²) < 4.78 is 21.6. The molecule has 1 aliphatic carbocycles. The van der Waals surface area contributed by atoms with Crippen LogP contribution >= 0.6 is 11.3 Å². The molecule has 2 N–H and O–H groups in total. The molecule has 0 bridgehead atoms. The highest BCUT2D eigenvalue weighted by Crippen LogP contribution is 2.39. The maximum Gasteiger partial charge on any atom is 0.275 e. The number of ether oxygens (including phenoxy) is 1. The number of H-pyrrole nitrogens is 1. The van der Waals surface area contributed by atoms with Crippen LogP contribution in [0.5, 0.6) is 0 Å². The third-order valence-electron chi connectivity index (χ3n) is 5.29. The molecule has 1 aliphatic rings. The average molecular weight is 454 g/mol. The summed E-state index contributed by atoms with van der Waals surface area (Å²) in [6.45, 7) is 2.31. The third-order valence-corrected chi connectivity index (χ3v) is 6.18. The van der Waals surface area contributed by atoms with Gasteiger partial charge in [0.15, 0.2) is 0 Å². The predicted molar refractivity (Wildman–Crippen MR) is 117 cm³/mol. The Morgan fingerprint density at radius 2 is 2.34 bits per heavy atom. The van der Waals surface area contributed by atoms with Crippen molar-refractivity contribution in [3.8, 4) is 22.0 Å². The van der Waals surface area contributed by atoms with Crippen molar-refractivity contribution in [3.63, 3.8) is 0 Å². The van der Waals surface area contributed by atoms with E-state index in [0.717, 1.165) is 5.56 Å². The summed E-state index contributed by atoms with van der Waals surface area (Å²) in [4.78, 5) is 21.6. The number of nitrogens with zero attached hydrogens (tertiary/aromatic N) is 5. The minimum absolute atomic E-state index is 0.273. The van der Waals surface area contributed by atoms with Crippen molar-refractivity contribution in [3.05, 3.63) is 54.1 Å². The van der Waals surface area contributed by atoms with Crippen molar-refractivity contribution in [1.82, 2.24) is 29.9 Å². The van der Waals surface area contributed by atoms with Crippen LogP contribution in [0.1, 0.15) is 29.9 Å². The number of nitrogens with one attached hydrogen (secondary N) is 2. The number of aromatic nitrogens is 6. The molecule has 11 heteroatoms. The van der Waals surface area contributed by atoms with Crippen LogP contribution in [-0.2, 0) is 4.74 Å². The monoisotopic (exact) mass is 453 g/mol. The van der Waals surface area contributed by atoms with Crippen LogP contribution < -0.4 is 5.32 Å². The van der Waals surface area contributed by atoms with E-state index in [1.54, 1.807) is 47.0 Å². The molecule has 0 aliphatic heterocycles. The van der Waals surface area contributed by atoms with Crippen LogP contribution in [0.2, 0.25) is 0 Å². The Bertz CT molecular complexity index is 1210. The van der Waals surface area contributed by atoms with Gasteiger partial charge in [0.25, 0.3) is 5.91 Å². The normalized spacial score (nSPS) is 20.1. The van der Waals surface area contributed by atoms with Crippen molar-refractivity contribution in [2.45, 2.75) is 31.7 Å².